The summed E-state index contributed by atoms with van der Waals surface area (Å²) in [5.74, 6) is 2.61. The van der Waals surface area contributed by atoms with Gasteiger partial charge in [0.25, 0.3) is 0 Å². The van der Waals surface area contributed by atoms with Gasteiger partial charge in [0.15, 0.2) is 0 Å². The van der Waals surface area contributed by atoms with E-state index in [1.807, 2.05) is 13.0 Å². The van der Waals surface area contributed by atoms with Crippen LogP contribution in [0.4, 0.5) is 0 Å². The molecule has 3 heteroatoms. The highest BCUT2D eigenvalue weighted by Gasteiger charge is 2.61. The quantitative estimate of drug-likeness (QED) is 0.911. The smallest absolute Gasteiger partial charge is 0.118 e. The van der Waals surface area contributed by atoms with Gasteiger partial charge in [-0.15, -0.1) is 0 Å². The summed E-state index contributed by atoms with van der Waals surface area (Å²) >= 11 is 0. The van der Waals surface area contributed by atoms with Gasteiger partial charge in [-0.25, -0.2) is 0 Å². The largest absolute Gasteiger partial charge is 0.465 e. The fraction of sp³-hybridized carbons (Fsp3) is 0.765. The van der Waals surface area contributed by atoms with Crippen molar-refractivity contribution >= 4 is 0 Å². The molecule has 2 N–H and O–H groups in total. The molecule has 0 radical (unpaired) electrons. The van der Waals surface area contributed by atoms with Gasteiger partial charge >= 0.3 is 0 Å². The lowest BCUT2D eigenvalue weighted by molar-refractivity contribution is -0.0553. The van der Waals surface area contributed by atoms with Crippen LogP contribution in [0.1, 0.15) is 57.1 Å². The van der Waals surface area contributed by atoms with Crippen molar-refractivity contribution in [1.29, 1.82) is 0 Å². The Kier molecular flexibility index (Phi) is 3.26. The van der Waals surface area contributed by atoms with Crippen molar-refractivity contribution in [2.45, 2.75) is 66.2 Å². The maximum absolute atomic E-state index is 6.30. The van der Waals surface area contributed by atoms with Crippen LogP contribution in [-0.4, -0.2) is 6.10 Å². The van der Waals surface area contributed by atoms with E-state index in [9.17, 15) is 0 Å². The van der Waals surface area contributed by atoms with E-state index in [1.165, 1.54) is 19.3 Å². The van der Waals surface area contributed by atoms with Crippen LogP contribution in [0.25, 0.3) is 0 Å². The molecule has 1 aromatic rings. The lowest BCUT2D eigenvalue weighted by Crippen LogP contribution is -2.37. The zero-order valence-electron chi connectivity index (χ0n) is 13.2. The molecule has 20 heavy (non-hydrogen) atoms. The number of fused-ring (bicyclic) bond motifs is 2. The minimum Gasteiger partial charge on any atom is -0.465 e. The summed E-state index contributed by atoms with van der Waals surface area (Å²) in [4.78, 5) is 0. The summed E-state index contributed by atoms with van der Waals surface area (Å²) in [5.41, 5.74) is 7.50. The first-order chi connectivity index (χ1) is 9.38. The van der Waals surface area contributed by atoms with Crippen molar-refractivity contribution in [1.82, 2.24) is 0 Å². The van der Waals surface area contributed by atoms with E-state index in [4.69, 9.17) is 14.9 Å². The van der Waals surface area contributed by atoms with Gasteiger partial charge < -0.3 is 14.9 Å². The molecule has 0 spiro atoms. The fourth-order valence-electron chi connectivity index (χ4n) is 4.40. The van der Waals surface area contributed by atoms with E-state index < -0.39 is 0 Å². The van der Waals surface area contributed by atoms with E-state index in [1.54, 1.807) is 0 Å². The van der Waals surface area contributed by atoms with Crippen molar-refractivity contribution in [3.63, 3.8) is 0 Å². The van der Waals surface area contributed by atoms with Crippen molar-refractivity contribution < 1.29 is 9.15 Å². The Morgan fingerprint density at radius 3 is 2.65 bits per heavy atom. The van der Waals surface area contributed by atoms with E-state index in [-0.39, 0.29) is 0 Å². The predicted molar refractivity (Wildman–Crippen MR) is 79.1 cm³/mol. The van der Waals surface area contributed by atoms with Gasteiger partial charge in [0, 0.05) is 5.56 Å². The predicted octanol–water partition coefficient (Wildman–Crippen LogP) is 3.78. The molecule has 112 valence electrons. The van der Waals surface area contributed by atoms with Gasteiger partial charge in [0.2, 0.25) is 0 Å². The summed E-state index contributed by atoms with van der Waals surface area (Å²) in [7, 11) is 0. The van der Waals surface area contributed by atoms with Gasteiger partial charge in [0.1, 0.15) is 11.5 Å². The van der Waals surface area contributed by atoms with Gasteiger partial charge in [-0.2, -0.15) is 0 Å². The highest BCUT2D eigenvalue weighted by molar-refractivity contribution is 5.20. The lowest BCUT2D eigenvalue weighted by atomic mass is 9.70. The Morgan fingerprint density at radius 1 is 1.40 bits per heavy atom. The maximum Gasteiger partial charge on any atom is 0.118 e. The molecule has 3 nitrogen and oxygen atoms in total. The summed E-state index contributed by atoms with van der Waals surface area (Å²) < 4.78 is 11.9. The minimum atomic E-state index is 0.325. The molecule has 2 bridgehead atoms. The van der Waals surface area contributed by atoms with Gasteiger partial charge in [-0.3, -0.25) is 0 Å². The first-order valence-corrected chi connectivity index (χ1v) is 7.78. The lowest BCUT2D eigenvalue weighted by Gasteiger charge is -2.38. The van der Waals surface area contributed by atoms with Gasteiger partial charge in [-0.1, -0.05) is 20.8 Å². The van der Waals surface area contributed by atoms with Crippen molar-refractivity contribution in [2.75, 3.05) is 0 Å². The second-order valence-corrected chi connectivity index (χ2v) is 7.41. The van der Waals surface area contributed by atoms with E-state index in [2.05, 4.69) is 20.8 Å². The molecule has 0 saturated heterocycles. The van der Waals surface area contributed by atoms with Crippen LogP contribution in [0.2, 0.25) is 0 Å². The Bertz CT molecular complexity index is 505. The molecule has 3 unspecified atom stereocenters. The van der Waals surface area contributed by atoms with Gasteiger partial charge in [0.05, 0.1) is 19.3 Å². The fourth-order valence-corrected chi connectivity index (χ4v) is 4.40. The Hall–Kier alpha value is -0.800. The SMILES string of the molecule is Cc1oc(CN)cc1COC1CC2CCC1(C)C2(C)C. The van der Waals surface area contributed by atoms with Crippen LogP contribution in [0.5, 0.6) is 0 Å². The van der Waals surface area contributed by atoms with Crippen molar-refractivity contribution in [3.8, 4) is 0 Å². The molecule has 2 fully saturated rings. The number of aryl methyl sites for hydroxylation is 1. The summed E-state index contributed by atoms with van der Waals surface area (Å²) in [6.45, 7) is 10.4. The molecule has 2 aliphatic rings. The van der Waals surface area contributed by atoms with Crippen molar-refractivity contribution in [3.05, 3.63) is 23.2 Å². The monoisotopic (exact) mass is 277 g/mol. The number of nitrogens with two attached hydrogens (primary N) is 1. The van der Waals surface area contributed by atoms with E-state index in [0.717, 1.165) is 23.0 Å². The summed E-state index contributed by atoms with van der Waals surface area (Å²) in [6.07, 6.45) is 4.26. The number of hydrogen-bond acceptors (Lipinski definition) is 3. The second kappa shape index (κ2) is 4.60. The van der Waals surface area contributed by atoms with Crippen LogP contribution in [0, 0.1) is 23.7 Å². The normalized spacial score (nSPS) is 34.9. The third-order valence-corrected chi connectivity index (χ3v) is 6.43. The van der Waals surface area contributed by atoms with Crippen molar-refractivity contribution in [2.24, 2.45) is 22.5 Å². The molecule has 0 aliphatic heterocycles. The number of furan rings is 1. The Labute approximate surface area is 121 Å². The summed E-state index contributed by atoms with van der Waals surface area (Å²) in [6, 6.07) is 2.04. The molecule has 0 aromatic carbocycles. The number of ether oxygens (including phenoxy) is 1. The second-order valence-electron chi connectivity index (χ2n) is 7.41. The highest BCUT2D eigenvalue weighted by atomic mass is 16.5. The first-order valence-electron chi connectivity index (χ1n) is 7.78. The Morgan fingerprint density at radius 2 is 2.15 bits per heavy atom. The Balaban J connectivity index is 1.69. The number of hydrogen-bond donors (Lipinski definition) is 1. The van der Waals surface area contributed by atoms with Crippen LogP contribution < -0.4 is 5.73 Å². The van der Waals surface area contributed by atoms with E-state index in [0.29, 0.717) is 30.1 Å². The number of rotatable bonds is 4. The van der Waals surface area contributed by atoms with Crippen LogP contribution >= 0.6 is 0 Å². The van der Waals surface area contributed by atoms with Crippen LogP contribution in [0.3, 0.4) is 0 Å². The topological polar surface area (TPSA) is 48.4 Å². The zero-order valence-corrected chi connectivity index (χ0v) is 13.2. The first kappa shape index (κ1) is 14.2. The molecule has 3 rings (SSSR count). The molecular weight excluding hydrogens is 250 g/mol. The average Bonchev–Trinajstić information content (AvgIpc) is 2.93. The molecule has 0 amide bonds. The maximum atomic E-state index is 6.30. The molecule has 2 saturated carbocycles. The molecule has 1 aromatic heterocycles. The average molecular weight is 277 g/mol. The molecule has 1 heterocycles. The highest BCUT2D eigenvalue weighted by Crippen LogP contribution is 2.66. The van der Waals surface area contributed by atoms with Crippen LogP contribution in [-0.2, 0) is 17.9 Å². The third kappa shape index (κ3) is 1.86. The minimum absolute atomic E-state index is 0.325. The van der Waals surface area contributed by atoms with Crippen LogP contribution in [0.15, 0.2) is 10.5 Å². The third-order valence-electron chi connectivity index (χ3n) is 6.43. The standard InChI is InChI=1S/C17H27NO2/c1-11-12(7-14(9-18)20-11)10-19-15-8-13-5-6-17(15,4)16(13,2)3/h7,13,15H,5-6,8-10,18H2,1-4H3. The zero-order chi connectivity index (χ0) is 14.5. The summed E-state index contributed by atoms with van der Waals surface area (Å²) in [5, 5.41) is 0. The molecular formula is C17H27NO2. The molecule has 3 atom stereocenters. The van der Waals surface area contributed by atoms with Gasteiger partial charge in [-0.05, 0) is 49.0 Å². The molecule has 2 aliphatic carbocycles. The van der Waals surface area contributed by atoms with E-state index >= 15 is 0 Å².